The fourth-order valence-electron chi connectivity index (χ4n) is 1.10. The van der Waals surface area contributed by atoms with E-state index in [0.717, 1.165) is 19.2 Å². The average Bonchev–Trinajstić information content (AvgIpc) is 2.20. The van der Waals surface area contributed by atoms with E-state index in [2.05, 4.69) is 4.74 Å². The minimum Gasteiger partial charge on any atom is -0.493 e. The van der Waals surface area contributed by atoms with Gasteiger partial charge in [0.1, 0.15) is 12.8 Å². The van der Waals surface area contributed by atoms with Gasteiger partial charge < -0.3 is 9.84 Å². The van der Waals surface area contributed by atoms with E-state index in [9.17, 15) is 13.2 Å². The number of aliphatic hydroxyl groups is 1. The van der Waals surface area contributed by atoms with Crippen molar-refractivity contribution in [3.8, 4) is 5.75 Å². The summed E-state index contributed by atoms with van der Waals surface area (Å²) in [5.74, 6) is -2.79. The highest BCUT2D eigenvalue weighted by Gasteiger charge is 2.19. The van der Waals surface area contributed by atoms with Gasteiger partial charge in [-0.15, -0.1) is 0 Å². The molecule has 1 rings (SSSR count). The van der Waals surface area contributed by atoms with Gasteiger partial charge in [-0.25, -0.2) is 8.78 Å². The molecule has 1 N–H and O–H groups in total. The first-order valence-corrected chi connectivity index (χ1v) is 3.87. The third-order valence-corrected chi connectivity index (χ3v) is 1.79. The summed E-state index contributed by atoms with van der Waals surface area (Å²) in [4.78, 5) is 0. The van der Waals surface area contributed by atoms with E-state index in [0.29, 0.717) is 0 Å². The SMILES string of the molecule is COc1c(C(O)CF)ccc(F)c1F. The maximum atomic E-state index is 13.0. The molecule has 2 nitrogen and oxygen atoms in total. The molecule has 0 aliphatic rings. The van der Waals surface area contributed by atoms with Crippen LogP contribution in [0.1, 0.15) is 11.7 Å². The largest absolute Gasteiger partial charge is 0.493 e. The van der Waals surface area contributed by atoms with Crippen LogP contribution in [0.15, 0.2) is 12.1 Å². The lowest BCUT2D eigenvalue weighted by Crippen LogP contribution is -2.05. The average molecular weight is 206 g/mol. The molecule has 1 atom stereocenters. The number of alkyl halides is 1. The molecule has 0 bridgehead atoms. The quantitative estimate of drug-likeness (QED) is 0.819. The monoisotopic (exact) mass is 206 g/mol. The predicted molar refractivity (Wildman–Crippen MR) is 43.8 cm³/mol. The molecule has 0 aliphatic carbocycles. The molecule has 0 saturated heterocycles. The Balaban J connectivity index is 3.23. The second-order valence-electron chi connectivity index (χ2n) is 2.65. The molecular weight excluding hydrogens is 197 g/mol. The van der Waals surface area contributed by atoms with Crippen molar-refractivity contribution in [2.24, 2.45) is 0 Å². The van der Waals surface area contributed by atoms with Gasteiger partial charge in [0.25, 0.3) is 0 Å². The van der Waals surface area contributed by atoms with Crippen LogP contribution in [0.3, 0.4) is 0 Å². The molecule has 0 radical (unpaired) electrons. The fraction of sp³-hybridized carbons (Fsp3) is 0.333. The van der Waals surface area contributed by atoms with E-state index in [4.69, 9.17) is 5.11 Å². The lowest BCUT2D eigenvalue weighted by Gasteiger charge is -2.12. The molecule has 14 heavy (non-hydrogen) atoms. The lowest BCUT2D eigenvalue weighted by molar-refractivity contribution is 0.137. The summed E-state index contributed by atoms with van der Waals surface area (Å²) in [7, 11) is 1.12. The zero-order valence-corrected chi connectivity index (χ0v) is 7.43. The Morgan fingerprint density at radius 3 is 2.57 bits per heavy atom. The summed E-state index contributed by atoms with van der Waals surface area (Å²) < 4.78 is 42.3. The zero-order valence-electron chi connectivity index (χ0n) is 7.43. The molecule has 1 unspecified atom stereocenters. The first kappa shape index (κ1) is 10.8. The van der Waals surface area contributed by atoms with Crippen LogP contribution < -0.4 is 4.74 Å². The Morgan fingerprint density at radius 1 is 1.43 bits per heavy atom. The summed E-state index contributed by atoms with van der Waals surface area (Å²) in [5, 5.41) is 9.11. The molecule has 0 aromatic heterocycles. The van der Waals surface area contributed by atoms with Crippen molar-refractivity contribution in [3.63, 3.8) is 0 Å². The van der Waals surface area contributed by atoms with E-state index in [-0.39, 0.29) is 5.56 Å². The molecular formula is C9H9F3O2. The van der Waals surface area contributed by atoms with Crippen LogP contribution in [0.25, 0.3) is 0 Å². The molecule has 0 fully saturated rings. The normalized spacial score (nSPS) is 12.6. The molecule has 78 valence electrons. The van der Waals surface area contributed by atoms with Crippen molar-refractivity contribution in [1.29, 1.82) is 0 Å². The van der Waals surface area contributed by atoms with Gasteiger partial charge in [0.05, 0.1) is 7.11 Å². The van der Waals surface area contributed by atoms with Crippen molar-refractivity contribution in [1.82, 2.24) is 0 Å². The number of ether oxygens (including phenoxy) is 1. The second-order valence-corrected chi connectivity index (χ2v) is 2.65. The minimum atomic E-state index is -1.50. The van der Waals surface area contributed by atoms with Crippen molar-refractivity contribution in [3.05, 3.63) is 29.3 Å². The van der Waals surface area contributed by atoms with Gasteiger partial charge >= 0.3 is 0 Å². The molecule has 1 aromatic rings. The number of hydrogen-bond acceptors (Lipinski definition) is 2. The molecule has 0 aliphatic heterocycles. The second kappa shape index (κ2) is 4.32. The topological polar surface area (TPSA) is 29.5 Å². The third kappa shape index (κ3) is 1.82. The number of rotatable bonds is 3. The highest BCUT2D eigenvalue weighted by molar-refractivity contribution is 5.37. The van der Waals surface area contributed by atoms with Gasteiger partial charge in [0.15, 0.2) is 11.6 Å². The van der Waals surface area contributed by atoms with Crippen molar-refractivity contribution in [2.45, 2.75) is 6.10 Å². The Labute approximate surface area is 78.9 Å². The standard InChI is InChI=1S/C9H9F3O2/c1-14-9-5(7(13)4-10)2-3-6(11)8(9)12/h2-3,7,13H,4H2,1H3. The lowest BCUT2D eigenvalue weighted by atomic mass is 10.1. The van der Waals surface area contributed by atoms with Crippen molar-refractivity contribution < 1.29 is 23.0 Å². The smallest absolute Gasteiger partial charge is 0.200 e. The maximum Gasteiger partial charge on any atom is 0.200 e. The Kier molecular flexibility index (Phi) is 3.35. The van der Waals surface area contributed by atoms with E-state index in [1.807, 2.05) is 0 Å². The molecule has 0 amide bonds. The van der Waals surface area contributed by atoms with Gasteiger partial charge in [-0.1, -0.05) is 0 Å². The Bertz CT molecular complexity index is 328. The summed E-state index contributed by atoms with van der Waals surface area (Å²) in [6.45, 7) is -1.08. The van der Waals surface area contributed by atoms with Crippen molar-refractivity contribution >= 4 is 0 Å². The number of methoxy groups -OCH3 is 1. The first-order chi connectivity index (χ1) is 6.61. The molecule has 5 heteroatoms. The van der Waals surface area contributed by atoms with Crippen LogP contribution in [0.2, 0.25) is 0 Å². The highest BCUT2D eigenvalue weighted by atomic mass is 19.2. The van der Waals surface area contributed by atoms with Crippen LogP contribution >= 0.6 is 0 Å². The maximum absolute atomic E-state index is 13.0. The van der Waals surface area contributed by atoms with Crippen LogP contribution in [-0.4, -0.2) is 18.9 Å². The van der Waals surface area contributed by atoms with E-state index in [1.165, 1.54) is 0 Å². The van der Waals surface area contributed by atoms with Gasteiger partial charge in [-0.05, 0) is 12.1 Å². The zero-order chi connectivity index (χ0) is 10.7. The summed E-state index contributed by atoms with van der Waals surface area (Å²) in [6.07, 6.45) is -1.50. The van der Waals surface area contributed by atoms with Crippen LogP contribution in [0, 0.1) is 11.6 Å². The third-order valence-electron chi connectivity index (χ3n) is 1.79. The van der Waals surface area contributed by atoms with E-state index < -0.39 is 30.2 Å². The Hall–Kier alpha value is -1.23. The Morgan fingerprint density at radius 2 is 2.07 bits per heavy atom. The number of aliphatic hydroxyl groups excluding tert-OH is 1. The van der Waals surface area contributed by atoms with Gasteiger partial charge in [0.2, 0.25) is 5.82 Å². The van der Waals surface area contributed by atoms with Crippen LogP contribution in [0.5, 0.6) is 5.75 Å². The van der Waals surface area contributed by atoms with E-state index >= 15 is 0 Å². The minimum absolute atomic E-state index is 0.103. The summed E-state index contributed by atoms with van der Waals surface area (Å²) >= 11 is 0. The molecule has 0 saturated carbocycles. The van der Waals surface area contributed by atoms with Gasteiger partial charge in [0, 0.05) is 5.56 Å². The summed E-state index contributed by atoms with van der Waals surface area (Å²) in [5.41, 5.74) is -0.103. The van der Waals surface area contributed by atoms with Crippen LogP contribution in [0.4, 0.5) is 13.2 Å². The number of benzene rings is 1. The van der Waals surface area contributed by atoms with E-state index in [1.54, 1.807) is 0 Å². The van der Waals surface area contributed by atoms with Crippen molar-refractivity contribution in [2.75, 3.05) is 13.8 Å². The molecule has 1 aromatic carbocycles. The van der Waals surface area contributed by atoms with Gasteiger partial charge in [-0.3, -0.25) is 0 Å². The highest BCUT2D eigenvalue weighted by Crippen LogP contribution is 2.29. The van der Waals surface area contributed by atoms with Crippen LogP contribution in [-0.2, 0) is 0 Å². The number of halogens is 3. The molecule has 0 heterocycles. The fourth-order valence-corrected chi connectivity index (χ4v) is 1.10. The van der Waals surface area contributed by atoms with Gasteiger partial charge in [-0.2, -0.15) is 4.39 Å². The number of hydrogen-bond donors (Lipinski definition) is 1. The summed E-state index contributed by atoms with van der Waals surface area (Å²) in [6, 6.07) is 1.90. The first-order valence-electron chi connectivity index (χ1n) is 3.87. The molecule has 0 spiro atoms. The predicted octanol–water partition coefficient (Wildman–Crippen LogP) is 1.98.